The second kappa shape index (κ2) is 33.1. The summed E-state index contributed by atoms with van der Waals surface area (Å²) in [5.41, 5.74) is 28.4. The van der Waals surface area contributed by atoms with E-state index in [0.29, 0.717) is 0 Å². The van der Waals surface area contributed by atoms with Crippen LogP contribution in [-0.2, 0) is 0 Å². The molecule has 6 nitrogen and oxygen atoms in total. The highest BCUT2D eigenvalue weighted by molar-refractivity contribution is 7.26. The van der Waals surface area contributed by atoms with Crippen LogP contribution in [0.25, 0.3) is 84.9 Å². The summed E-state index contributed by atoms with van der Waals surface area (Å²) < 4.78 is 5.16. The van der Waals surface area contributed by atoms with E-state index in [1.807, 2.05) is 22.7 Å². The lowest BCUT2D eigenvalue weighted by molar-refractivity contribution is 1.25. The van der Waals surface area contributed by atoms with Gasteiger partial charge < -0.3 is 29.4 Å². The summed E-state index contributed by atoms with van der Waals surface area (Å²) >= 11 is 3.71. The zero-order chi connectivity index (χ0) is 81.1. The minimum atomic E-state index is 1.04. The van der Waals surface area contributed by atoms with Crippen LogP contribution in [0.5, 0.6) is 0 Å². The van der Waals surface area contributed by atoms with E-state index in [0.717, 1.165) is 136 Å². The van der Waals surface area contributed by atoms with Gasteiger partial charge in [-0.3, -0.25) is 0 Å². The molecule has 0 bridgehead atoms. The Morgan fingerprint density at radius 3 is 0.680 bits per heavy atom. The maximum absolute atomic E-state index is 2.39. The molecule has 0 aliphatic heterocycles. The first-order chi connectivity index (χ1) is 60.5. The molecule has 0 N–H and O–H groups in total. The molecule has 21 rings (SSSR count). The van der Waals surface area contributed by atoms with Gasteiger partial charge in [-0.25, -0.2) is 0 Å². The third-order valence-electron chi connectivity index (χ3n) is 23.0. The maximum Gasteiger partial charge on any atom is 0.0468 e. The molecule has 21 aromatic rings. The molecule has 578 valence electrons. The van der Waals surface area contributed by atoms with E-state index in [4.69, 9.17) is 0 Å². The molecule has 2 heterocycles. The Hall–Kier alpha value is -15.6. The van der Waals surface area contributed by atoms with E-state index in [-0.39, 0.29) is 0 Å². The number of fused-ring (bicyclic) bond motifs is 6. The van der Waals surface area contributed by atoms with Crippen LogP contribution in [-0.4, -0.2) is 0 Å². The Balaban J connectivity index is 0.576. The molecule has 2 aromatic heterocycles. The van der Waals surface area contributed by atoms with Gasteiger partial charge in [-0.1, -0.05) is 249 Å². The van der Waals surface area contributed by atoms with Crippen LogP contribution < -0.4 is 29.4 Å². The predicted molar refractivity (Wildman–Crippen MR) is 522 cm³/mol. The highest BCUT2D eigenvalue weighted by Crippen LogP contribution is 2.49. The quantitative estimate of drug-likeness (QED) is 0.0669. The van der Waals surface area contributed by atoms with E-state index in [9.17, 15) is 0 Å². The summed E-state index contributed by atoms with van der Waals surface area (Å²) in [4.78, 5) is 14.1. The minimum absolute atomic E-state index is 1.04. The highest BCUT2D eigenvalue weighted by atomic mass is 32.1. The summed E-state index contributed by atoms with van der Waals surface area (Å²) in [6.07, 6.45) is 0. The lowest BCUT2D eigenvalue weighted by atomic mass is 10.0. The van der Waals surface area contributed by atoms with Gasteiger partial charge in [0.05, 0.1) is 0 Å². The van der Waals surface area contributed by atoms with Gasteiger partial charge in [0, 0.05) is 143 Å². The average Bonchev–Trinajstić information content (AvgIpc) is 1.63. The molecule has 0 spiro atoms. The minimum Gasteiger partial charge on any atom is -0.311 e. The van der Waals surface area contributed by atoms with E-state index < -0.39 is 0 Å². The fourth-order valence-corrected chi connectivity index (χ4v) is 19.5. The van der Waals surface area contributed by atoms with Crippen molar-refractivity contribution in [3.8, 4) is 44.5 Å². The zero-order valence-electron chi connectivity index (χ0n) is 66.7. The number of hydrogen-bond donors (Lipinski definition) is 0. The smallest absolute Gasteiger partial charge is 0.0468 e. The van der Waals surface area contributed by atoms with Crippen molar-refractivity contribution >= 4 is 165 Å². The zero-order valence-corrected chi connectivity index (χ0v) is 68.3. The Kier molecular flexibility index (Phi) is 20.1. The normalized spacial score (nSPS) is 11.3. The molecule has 0 fully saturated rings. The van der Waals surface area contributed by atoms with Gasteiger partial charge in [0.2, 0.25) is 0 Å². The van der Waals surface area contributed by atoms with Crippen LogP contribution in [0.15, 0.2) is 485 Å². The van der Waals surface area contributed by atoms with Gasteiger partial charge in [0.1, 0.15) is 0 Å². The summed E-state index contributed by atoms with van der Waals surface area (Å²) in [5, 5.41) is 5.11. The van der Waals surface area contributed by atoms with E-state index >= 15 is 0 Å². The predicted octanol–water partition coefficient (Wildman–Crippen LogP) is 33.9. The van der Waals surface area contributed by atoms with Crippen LogP contribution in [0, 0.1) is 0 Å². The maximum atomic E-state index is 2.39. The molecule has 0 saturated carbocycles. The van der Waals surface area contributed by atoms with Crippen molar-refractivity contribution in [2.24, 2.45) is 0 Å². The van der Waals surface area contributed by atoms with Crippen molar-refractivity contribution < 1.29 is 0 Å². The summed E-state index contributed by atoms with van der Waals surface area (Å²) in [5.74, 6) is 0. The van der Waals surface area contributed by atoms with Crippen molar-refractivity contribution in [1.29, 1.82) is 0 Å². The molecule has 122 heavy (non-hydrogen) atoms. The topological polar surface area (TPSA) is 19.4 Å². The molecular formula is C114H80N6S2. The number of rotatable bonds is 22. The van der Waals surface area contributed by atoms with Crippen molar-refractivity contribution in [3.05, 3.63) is 485 Å². The summed E-state index contributed by atoms with van der Waals surface area (Å²) in [6, 6.07) is 176. The van der Waals surface area contributed by atoms with Gasteiger partial charge in [-0.05, 0) is 281 Å². The standard InChI is InChI=1S/C114H80N6S2/c1-7-28-88(29-8-1)115(89-30-9-2-10-31-89)94-58-48-81(49-59-94)82-50-60-95(61-51-82)117(97-66-56-85(57-67-97)106-44-25-45-109-107-42-19-22-47-112(107)122-114(106)109)96-62-52-83(53-63-96)84-54-64-98(65-55-84)118(92-36-15-5-16-37-92)103-40-23-26-86(78-103)87-27-24-41-104(79-87)119(93-38-17-6-18-39-93)100-72-74-102(75-73-100)120(105-76-77-113-110(80-105)108-43-20-21-46-111(108)121-113)101-70-68-99(69-71-101)116(90-32-11-3-12-33-90)91-34-13-4-14-35-91/h1-80H. The third kappa shape index (κ3) is 14.7. The molecule has 8 heteroatoms. The van der Waals surface area contributed by atoms with Gasteiger partial charge in [0.25, 0.3) is 0 Å². The average molecular weight is 1600 g/mol. The van der Waals surface area contributed by atoms with Crippen LogP contribution in [0.1, 0.15) is 0 Å². The molecule has 0 aliphatic carbocycles. The number of nitrogens with zero attached hydrogens (tertiary/aromatic N) is 6. The molecule has 0 radical (unpaired) electrons. The molecule has 0 saturated heterocycles. The van der Waals surface area contributed by atoms with Crippen molar-refractivity contribution in [3.63, 3.8) is 0 Å². The molecular weight excluding hydrogens is 1520 g/mol. The van der Waals surface area contributed by atoms with Gasteiger partial charge >= 0.3 is 0 Å². The fourth-order valence-electron chi connectivity index (χ4n) is 17.1. The summed E-state index contributed by atoms with van der Waals surface area (Å²) in [6.45, 7) is 0. The Morgan fingerprint density at radius 2 is 0.344 bits per heavy atom. The van der Waals surface area contributed by atoms with Gasteiger partial charge in [-0.15, -0.1) is 22.7 Å². The monoisotopic (exact) mass is 1600 g/mol. The molecule has 0 aliphatic rings. The first kappa shape index (κ1) is 74.0. The van der Waals surface area contributed by atoms with Crippen LogP contribution >= 0.6 is 22.7 Å². The Labute approximate surface area is 719 Å². The third-order valence-corrected chi connectivity index (χ3v) is 25.4. The Morgan fingerprint density at radius 1 is 0.123 bits per heavy atom. The molecule has 0 unspecified atom stereocenters. The van der Waals surface area contributed by atoms with Crippen molar-refractivity contribution in [2.75, 3.05) is 29.4 Å². The van der Waals surface area contributed by atoms with E-state index in [1.165, 1.54) is 51.5 Å². The van der Waals surface area contributed by atoms with E-state index in [2.05, 4.69) is 515 Å². The van der Waals surface area contributed by atoms with Crippen LogP contribution in [0.2, 0.25) is 0 Å². The highest BCUT2D eigenvalue weighted by Gasteiger charge is 2.24. The van der Waals surface area contributed by atoms with E-state index in [1.54, 1.807) is 0 Å². The lowest BCUT2D eigenvalue weighted by Gasteiger charge is -2.29. The fraction of sp³-hybridized carbons (Fsp3) is 0. The first-order valence-electron chi connectivity index (χ1n) is 41.3. The largest absolute Gasteiger partial charge is 0.311 e. The number of thiophene rings is 2. The lowest BCUT2D eigenvalue weighted by Crippen LogP contribution is -2.13. The Bertz CT molecular complexity index is 7120. The molecule has 0 atom stereocenters. The van der Waals surface area contributed by atoms with Gasteiger partial charge in [0.15, 0.2) is 0 Å². The number of anilines is 18. The van der Waals surface area contributed by atoms with Crippen LogP contribution in [0.4, 0.5) is 102 Å². The van der Waals surface area contributed by atoms with Crippen molar-refractivity contribution in [2.45, 2.75) is 0 Å². The van der Waals surface area contributed by atoms with Crippen molar-refractivity contribution in [1.82, 2.24) is 0 Å². The number of benzene rings is 19. The first-order valence-corrected chi connectivity index (χ1v) is 43.0. The van der Waals surface area contributed by atoms with Crippen LogP contribution in [0.3, 0.4) is 0 Å². The summed E-state index contributed by atoms with van der Waals surface area (Å²) in [7, 11) is 0. The number of hydrogen-bond acceptors (Lipinski definition) is 8. The molecule has 19 aromatic carbocycles. The molecule has 0 amide bonds. The SMILES string of the molecule is c1ccc(N(c2ccccc2)c2ccc(-c3ccc(N(c4ccc(-c5ccc(N(c6ccccc6)c6cccc(-c7cccc(N(c8ccccc8)c8ccc(N(c9ccc(N(c%10ccccc%10)c%10ccccc%10)cc9)c9ccc%10sc%11ccccc%11c%10c9)cc8)c7)c6)cc5)cc4)c4ccc(-c5cccc6c5sc5ccccc56)cc4)cc3)cc2)cc1. The second-order valence-corrected chi connectivity index (χ2v) is 32.6. The number of para-hydroxylation sites is 6. The van der Waals surface area contributed by atoms with Gasteiger partial charge in [-0.2, -0.15) is 0 Å². The second-order valence-electron chi connectivity index (χ2n) is 30.5.